The Kier molecular flexibility index (Phi) is 2.79. The van der Waals surface area contributed by atoms with Crippen LogP contribution in [0.1, 0.15) is 37.0 Å². The largest absolute Gasteiger partial charge is 0.456 e. The molecular formula is C45H27N3O2. The van der Waals surface area contributed by atoms with Gasteiger partial charge in [0.05, 0.1) is 37.0 Å². The minimum absolute atomic E-state index is 0.406. The first-order chi connectivity index (χ1) is 36.0. The lowest BCUT2D eigenvalue weighted by molar-refractivity contribution is 0.668. The van der Waals surface area contributed by atoms with Gasteiger partial charge in [-0.05, 0) is 58.5 Å². The summed E-state index contributed by atoms with van der Waals surface area (Å²) < 4.78 is 248. The van der Waals surface area contributed by atoms with Gasteiger partial charge >= 0.3 is 0 Å². The Labute approximate surface area is 325 Å². The van der Waals surface area contributed by atoms with Gasteiger partial charge in [0, 0.05) is 38.2 Å². The first kappa shape index (κ1) is 12.2. The Hall–Kier alpha value is -6.85. The number of nitrogens with zero attached hydrogens (tertiary/aromatic N) is 3. The van der Waals surface area contributed by atoms with E-state index in [1.54, 1.807) is 0 Å². The second-order valence-corrected chi connectivity index (χ2v) is 10.3. The zero-order valence-corrected chi connectivity index (χ0v) is 24.7. The molecule has 10 rings (SSSR count). The average molecular weight is 669 g/mol. The number of furan rings is 2. The van der Waals surface area contributed by atoms with E-state index in [9.17, 15) is 9.60 Å². The van der Waals surface area contributed by atoms with Crippen LogP contribution in [-0.4, -0.2) is 15.0 Å². The van der Waals surface area contributed by atoms with Crippen molar-refractivity contribution in [3.63, 3.8) is 0 Å². The average Bonchev–Trinajstić information content (AvgIpc) is 4.14. The Morgan fingerprint density at radius 3 is 1.54 bits per heavy atom. The molecule has 0 aliphatic carbocycles. The van der Waals surface area contributed by atoms with Crippen LogP contribution >= 0.6 is 0 Å². The molecule has 7 aromatic carbocycles. The summed E-state index contributed by atoms with van der Waals surface area (Å²) in [6.07, 6.45) is 0. The van der Waals surface area contributed by atoms with Crippen LogP contribution in [0.4, 0.5) is 0 Å². The molecule has 0 radical (unpaired) electrons. The highest BCUT2D eigenvalue weighted by atomic mass is 16.3. The summed E-state index contributed by atoms with van der Waals surface area (Å²) >= 11 is 0. The highest BCUT2D eigenvalue weighted by Crippen LogP contribution is 2.38. The Balaban J connectivity index is 1.33. The highest BCUT2D eigenvalue weighted by molar-refractivity contribution is 6.12. The van der Waals surface area contributed by atoms with E-state index in [1.165, 1.54) is 0 Å². The molecular weight excluding hydrogens is 615 g/mol. The molecule has 234 valence electrons. The maximum Gasteiger partial charge on any atom is 0.164 e. The van der Waals surface area contributed by atoms with Crippen molar-refractivity contribution in [1.82, 2.24) is 15.0 Å². The van der Waals surface area contributed by atoms with E-state index in [0.717, 1.165) is 0 Å². The Morgan fingerprint density at radius 1 is 0.340 bits per heavy atom. The molecule has 10 aromatic rings. The van der Waals surface area contributed by atoms with Gasteiger partial charge in [-0.15, -0.1) is 0 Å². The lowest BCUT2D eigenvalue weighted by Crippen LogP contribution is -2.00. The first-order valence-electron chi connectivity index (χ1n) is 27.9. The molecule has 0 aliphatic rings. The van der Waals surface area contributed by atoms with E-state index in [0.29, 0.717) is 0 Å². The van der Waals surface area contributed by atoms with Crippen molar-refractivity contribution < 1.29 is 45.8 Å². The third-order valence-electron chi connectivity index (χ3n) is 7.39. The van der Waals surface area contributed by atoms with Gasteiger partial charge in [-0.25, -0.2) is 15.0 Å². The molecule has 5 nitrogen and oxygen atoms in total. The highest BCUT2D eigenvalue weighted by Gasteiger charge is 2.16. The van der Waals surface area contributed by atoms with Crippen molar-refractivity contribution in [2.24, 2.45) is 0 Å². The quantitative estimate of drug-likeness (QED) is 0.183. The van der Waals surface area contributed by atoms with Crippen LogP contribution < -0.4 is 0 Å². The number of aromatic nitrogens is 3. The summed E-state index contributed by atoms with van der Waals surface area (Å²) in [4.78, 5) is 13.0. The number of fused-ring (bicyclic) bond motifs is 6. The maximum absolute atomic E-state index is 9.45. The summed E-state index contributed by atoms with van der Waals surface area (Å²) in [5, 5.41) is -1.71. The SMILES string of the molecule is [2H]c1c([2H])c([2H])c(-c2c([2H])c([2H])c(-c3nc(-c4c([2H])c([2H])c(-c5c([2H])c([2H])c([2H])c6oc7c([2H])c([2H])c([2H])c([2H])c7c56)c([2H])c4[2H])nc(-c4c([2H])c([2H])c5oc6c([2H])c([2H])c([2H])c([2H])c6c5c4[2H])n3)c([2H])c2[2H])c([2H])c1[2H]. The van der Waals surface area contributed by atoms with E-state index >= 15 is 0 Å². The maximum atomic E-state index is 9.45. The molecule has 0 aliphatic heterocycles. The summed E-state index contributed by atoms with van der Waals surface area (Å²) in [6, 6.07) is -23.5. The van der Waals surface area contributed by atoms with Crippen molar-refractivity contribution in [2.45, 2.75) is 0 Å². The lowest BCUT2D eigenvalue weighted by atomic mass is 9.98. The van der Waals surface area contributed by atoms with Crippen LogP contribution in [0.5, 0.6) is 0 Å². The Bertz CT molecular complexity index is 4350. The fraction of sp³-hybridized carbons (Fsp3) is 0. The summed E-state index contributed by atoms with van der Waals surface area (Å²) in [7, 11) is 0. The second kappa shape index (κ2) is 11.4. The van der Waals surface area contributed by atoms with Crippen LogP contribution in [0.15, 0.2) is 172 Å². The number of para-hydroxylation sites is 2. The normalized spacial score (nSPS) is 19.2. The molecule has 0 fully saturated rings. The molecule has 0 atom stereocenters. The molecule has 3 aromatic heterocycles. The molecule has 0 saturated carbocycles. The zero-order chi connectivity index (χ0) is 56.5. The molecule has 0 saturated heterocycles. The molecule has 0 amide bonds. The molecule has 50 heavy (non-hydrogen) atoms. The van der Waals surface area contributed by atoms with Gasteiger partial charge < -0.3 is 8.83 Å². The zero-order valence-electron chi connectivity index (χ0n) is 51.7. The van der Waals surface area contributed by atoms with E-state index in [2.05, 4.69) is 15.0 Å². The molecule has 3 heterocycles. The standard InChI is InChI=1S/C45H27N3O2/c1-2-9-28(10-3-1)29-17-21-31(22-18-29)43-46-44(48-45(47-43)33-25-26-40-37(27-33)35-11-4-6-14-38(35)49-40)32-23-19-30(20-24-32)34-13-8-16-41-42(34)36-12-5-7-15-39(36)50-41/h1-27H/i1D,2D,3D,4D,5D,6D,7D,8D,9D,10D,11D,12D,13D,14D,15D,16D,17D,18D,19D,20D,21D,22D,23D,24D,25D,26D,27D. The van der Waals surface area contributed by atoms with E-state index in [4.69, 9.17) is 36.2 Å². The summed E-state index contributed by atoms with van der Waals surface area (Å²) in [5.41, 5.74) is -7.38. The molecule has 5 heteroatoms. The topological polar surface area (TPSA) is 65.0 Å². The van der Waals surface area contributed by atoms with Crippen LogP contribution in [0.25, 0.3) is 100 Å². The van der Waals surface area contributed by atoms with E-state index < -0.39 is 263 Å². The van der Waals surface area contributed by atoms with Gasteiger partial charge in [0.15, 0.2) is 17.5 Å². The summed E-state index contributed by atoms with van der Waals surface area (Å²) in [5.74, 6) is -2.68. The van der Waals surface area contributed by atoms with Crippen LogP contribution in [0.2, 0.25) is 0 Å². The number of hydrogen-bond acceptors (Lipinski definition) is 5. The fourth-order valence-electron chi connectivity index (χ4n) is 5.15. The van der Waals surface area contributed by atoms with Crippen molar-refractivity contribution in [3.8, 4) is 56.4 Å². The molecule has 0 unspecified atom stereocenters. The first-order valence-corrected chi connectivity index (χ1v) is 14.4. The van der Waals surface area contributed by atoms with Gasteiger partial charge in [-0.1, -0.05) is 127 Å². The number of hydrogen-bond donors (Lipinski definition) is 0. The van der Waals surface area contributed by atoms with Crippen LogP contribution in [0.3, 0.4) is 0 Å². The van der Waals surface area contributed by atoms with Crippen molar-refractivity contribution in [1.29, 1.82) is 0 Å². The lowest BCUT2D eigenvalue weighted by Gasteiger charge is -2.10. The van der Waals surface area contributed by atoms with Crippen molar-refractivity contribution in [2.75, 3.05) is 0 Å². The number of benzene rings is 7. The second-order valence-electron chi connectivity index (χ2n) is 10.3. The van der Waals surface area contributed by atoms with Crippen molar-refractivity contribution >= 4 is 43.9 Å². The van der Waals surface area contributed by atoms with Gasteiger partial charge in [0.1, 0.15) is 22.3 Å². The Morgan fingerprint density at radius 2 is 0.820 bits per heavy atom. The van der Waals surface area contributed by atoms with Gasteiger partial charge in [-0.3, -0.25) is 0 Å². The van der Waals surface area contributed by atoms with E-state index in [1.807, 2.05) is 0 Å². The smallest absolute Gasteiger partial charge is 0.164 e. The minimum Gasteiger partial charge on any atom is -0.456 e. The monoisotopic (exact) mass is 668 g/mol. The van der Waals surface area contributed by atoms with E-state index in [-0.39, 0.29) is 0 Å². The predicted octanol–water partition coefficient (Wildman–Crippen LogP) is 12.0. The molecule has 0 N–H and O–H groups in total. The predicted molar refractivity (Wildman–Crippen MR) is 202 cm³/mol. The van der Waals surface area contributed by atoms with Crippen molar-refractivity contribution in [3.05, 3.63) is 163 Å². The molecule has 0 bridgehead atoms. The van der Waals surface area contributed by atoms with Gasteiger partial charge in [-0.2, -0.15) is 0 Å². The van der Waals surface area contributed by atoms with Crippen LogP contribution in [-0.2, 0) is 0 Å². The molecule has 0 spiro atoms. The minimum atomic E-state index is -1.05. The van der Waals surface area contributed by atoms with Gasteiger partial charge in [0.2, 0.25) is 0 Å². The van der Waals surface area contributed by atoms with Gasteiger partial charge in [0.25, 0.3) is 0 Å². The number of rotatable bonds is 5. The van der Waals surface area contributed by atoms with Crippen LogP contribution in [0, 0.1) is 0 Å². The summed E-state index contributed by atoms with van der Waals surface area (Å²) in [6.45, 7) is 0. The third kappa shape index (κ3) is 4.75. The fourth-order valence-corrected chi connectivity index (χ4v) is 5.15. The third-order valence-corrected chi connectivity index (χ3v) is 7.39.